The molecule has 1 aliphatic heterocycles. The second-order valence-corrected chi connectivity index (χ2v) is 4.65. The van der Waals surface area contributed by atoms with Gasteiger partial charge in [-0.15, -0.1) is 0 Å². The van der Waals surface area contributed by atoms with E-state index in [-0.39, 0.29) is 0 Å². The monoisotopic (exact) mass is 215 g/mol. The summed E-state index contributed by atoms with van der Waals surface area (Å²) in [5, 5.41) is 0. The van der Waals surface area contributed by atoms with Crippen LogP contribution in [0.4, 0.5) is 5.69 Å². The van der Waals surface area contributed by atoms with Crippen molar-refractivity contribution in [3.05, 3.63) is 34.9 Å². The Balaban J connectivity index is 2.36. The number of anilines is 1. The van der Waals surface area contributed by atoms with Crippen molar-refractivity contribution in [3.8, 4) is 0 Å². The number of fused-ring (bicyclic) bond motifs is 1. The summed E-state index contributed by atoms with van der Waals surface area (Å²) in [6, 6.07) is 4.47. The van der Waals surface area contributed by atoms with Gasteiger partial charge in [-0.1, -0.05) is 37.6 Å². The lowest BCUT2D eigenvalue weighted by atomic mass is 9.99. The molecule has 0 bridgehead atoms. The lowest BCUT2D eigenvalue weighted by Crippen LogP contribution is -2.28. The molecule has 1 aromatic rings. The number of hydrogen-bond acceptors (Lipinski definition) is 1. The first-order valence-corrected chi connectivity index (χ1v) is 6.25. The zero-order valence-corrected chi connectivity index (χ0v) is 10.6. The number of hydrogen-bond donors (Lipinski definition) is 0. The molecule has 0 aliphatic carbocycles. The first-order valence-electron chi connectivity index (χ1n) is 6.25. The Hall–Kier alpha value is -1.24. The average molecular weight is 215 g/mol. The van der Waals surface area contributed by atoms with E-state index in [0.29, 0.717) is 0 Å². The van der Waals surface area contributed by atoms with Crippen LogP contribution in [-0.2, 0) is 0 Å². The molecule has 1 nitrogen and oxygen atoms in total. The minimum Gasteiger partial charge on any atom is -0.367 e. The fourth-order valence-corrected chi connectivity index (χ4v) is 2.33. The number of benzene rings is 1. The van der Waals surface area contributed by atoms with E-state index in [9.17, 15) is 0 Å². The Labute approximate surface area is 98.8 Å². The molecule has 0 fully saturated rings. The molecule has 2 rings (SSSR count). The van der Waals surface area contributed by atoms with E-state index in [0.717, 1.165) is 6.54 Å². The summed E-state index contributed by atoms with van der Waals surface area (Å²) >= 11 is 0. The van der Waals surface area contributed by atoms with Crippen LogP contribution in [0.15, 0.2) is 18.2 Å². The molecule has 0 amide bonds. The van der Waals surface area contributed by atoms with Crippen molar-refractivity contribution in [2.75, 3.05) is 18.0 Å². The predicted molar refractivity (Wildman–Crippen MR) is 72.1 cm³/mol. The highest BCUT2D eigenvalue weighted by Crippen LogP contribution is 2.31. The van der Waals surface area contributed by atoms with Gasteiger partial charge in [-0.2, -0.15) is 0 Å². The lowest BCUT2D eigenvalue weighted by Gasteiger charge is -2.30. The first-order chi connectivity index (χ1) is 7.74. The highest BCUT2D eigenvalue weighted by Gasteiger charge is 2.15. The Bertz CT molecular complexity index is 404. The zero-order chi connectivity index (χ0) is 11.5. The maximum atomic E-state index is 2.52. The van der Waals surface area contributed by atoms with Gasteiger partial charge < -0.3 is 4.90 Å². The van der Waals surface area contributed by atoms with Crippen molar-refractivity contribution in [2.24, 2.45) is 0 Å². The number of unbranched alkanes of at least 4 members (excludes halogenated alkanes) is 1. The van der Waals surface area contributed by atoms with E-state index in [2.05, 4.69) is 50.0 Å². The molecule has 16 heavy (non-hydrogen) atoms. The highest BCUT2D eigenvalue weighted by molar-refractivity contribution is 5.75. The second kappa shape index (κ2) is 4.73. The molecule has 86 valence electrons. The van der Waals surface area contributed by atoms with Crippen LogP contribution in [0.25, 0.3) is 6.08 Å². The predicted octanol–water partition coefficient (Wildman–Crippen LogP) is 3.94. The number of aryl methyl sites for hydroxylation is 1. The molecular weight excluding hydrogens is 194 g/mol. The molecule has 1 heterocycles. The van der Waals surface area contributed by atoms with Crippen LogP contribution in [0.5, 0.6) is 0 Å². The Morgan fingerprint density at radius 2 is 2.06 bits per heavy atom. The van der Waals surface area contributed by atoms with Crippen LogP contribution in [0, 0.1) is 13.8 Å². The quantitative estimate of drug-likeness (QED) is 0.738. The summed E-state index contributed by atoms with van der Waals surface area (Å²) in [6.07, 6.45) is 7.07. The number of nitrogens with zero attached hydrogens (tertiary/aromatic N) is 1. The van der Waals surface area contributed by atoms with Gasteiger partial charge in [0.25, 0.3) is 0 Å². The molecule has 1 heteroatoms. The van der Waals surface area contributed by atoms with Gasteiger partial charge in [-0.05, 0) is 37.0 Å². The fourth-order valence-electron chi connectivity index (χ4n) is 2.33. The van der Waals surface area contributed by atoms with E-state index in [1.165, 1.54) is 41.8 Å². The maximum Gasteiger partial charge on any atom is 0.0474 e. The summed E-state index contributed by atoms with van der Waals surface area (Å²) in [7, 11) is 0. The molecule has 0 unspecified atom stereocenters. The standard InChI is InChI=1S/C15H21N/c1-4-5-10-16-11-6-7-14-9-8-12(2)13(3)15(14)16/h6-9H,4-5,10-11H2,1-3H3. The normalized spacial score (nSPS) is 14.1. The molecule has 0 atom stereocenters. The van der Waals surface area contributed by atoms with Gasteiger partial charge in [-0.25, -0.2) is 0 Å². The Kier molecular flexibility index (Phi) is 3.33. The van der Waals surface area contributed by atoms with Crippen LogP contribution in [0.1, 0.15) is 36.5 Å². The van der Waals surface area contributed by atoms with Crippen molar-refractivity contribution in [1.82, 2.24) is 0 Å². The van der Waals surface area contributed by atoms with Gasteiger partial charge in [-0.3, -0.25) is 0 Å². The lowest BCUT2D eigenvalue weighted by molar-refractivity contribution is 0.742. The van der Waals surface area contributed by atoms with Gasteiger partial charge in [0.05, 0.1) is 0 Å². The van der Waals surface area contributed by atoms with E-state index in [1.807, 2.05) is 0 Å². The molecule has 0 N–H and O–H groups in total. The van der Waals surface area contributed by atoms with Gasteiger partial charge >= 0.3 is 0 Å². The van der Waals surface area contributed by atoms with Crippen LogP contribution in [0.3, 0.4) is 0 Å². The molecule has 0 saturated heterocycles. The first kappa shape index (κ1) is 11.3. The van der Waals surface area contributed by atoms with Crippen LogP contribution in [-0.4, -0.2) is 13.1 Å². The summed E-state index contributed by atoms with van der Waals surface area (Å²) in [4.78, 5) is 2.52. The fraction of sp³-hybridized carbons (Fsp3) is 0.467. The Morgan fingerprint density at radius 3 is 2.81 bits per heavy atom. The second-order valence-electron chi connectivity index (χ2n) is 4.65. The Morgan fingerprint density at radius 1 is 1.25 bits per heavy atom. The summed E-state index contributed by atoms with van der Waals surface area (Å²) in [5.41, 5.74) is 5.68. The van der Waals surface area contributed by atoms with E-state index in [4.69, 9.17) is 0 Å². The van der Waals surface area contributed by atoms with Crippen LogP contribution >= 0.6 is 0 Å². The minimum atomic E-state index is 1.07. The van der Waals surface area contributed by atoms with E-state index >= 15 is 0 Å². The third-order valence-electron chi connectivity index (χ3n) is 3.45. The molecule has 1 aromatic carbocycles. The van der Waals surface area contributed by atoms with Gasteiger partial charge in [0.15, 0.2) is 0 Å². The molecule has 1 aliphatic rings. The van der Waals surface area contributed by atoms with Crippen LogP contribution in [0.2, 0.25) is 0 Å². The topological polar surface area (TPSA) is 3.24 Å². The van der Waals surface area contributed by atoms with Gasteiger partial charge in [0.2, 0.25) is 0 Å². The highest BCUT2D eigenvalue weighted by atomic mass is 15.1. The third-order valence-corrected chi connectivity index (χ3v) is 3.45. The summed E-state index contributed by atoms with van der Waals surface area (Å²) < 4.78 is 0. The van der Waals surface area contributed by atoms with Gasteiger partial charge in [0.1, 0.15) is 0 Å². The van der Waals surface area contributed by atoms with Gasteiger partial charge in [0, 0.05) is 18.8 Å². The van der Waals surface area contributed by atoms with Crippen molar-refractivity contribution in [3.63, 3.8) is 0 Å². The number of rotatable bonds is 3. The third kappa shape index (κ3) is 1.99. The van der Waals surface area contributed by atoms with Crippen molar-refractivity contribution in [1.29, 1.82) is 0 Å². The summed E-state index contributed by atoms with van der Waals surface area (Å²) in [6.45, 7) is 8.94. The van der Waals surface area contributed by atoms with Crippen molar-refractivity contribution >= 4 is 11.8 Å². The minimum absolute atomic E-state index is 1.07. The molecule has 0 aromatic heterocycles. The molecule has 0 spiro atoms. The average Bonchev–Trinajstić information content (AvgIpc) is 2.31. The van der Waals surface area contributed by atoms with E-state index in [1.54, 1.807) is 0 Å². The van der Waals surface area contributed by atoms with Crippen molar-refractivity contribution < 1.29 is 0 Å². The zero-order valence-electron chi connectivity index (χ0n) is 10.6. The van der Waals surface area contributed by atoms with E-state index < -0.39 is 0 Å². The molecule has 0 saturated carbocycles. The smallest absolute Gasteiger partial charge is 0.0474 e. The largest absolute Gasteiger partial charge is 0.367 e. The van der Waals surface area contributed by atoms with Crippen molar-refractivity contribution in [2.45, 2.75) is 33.6 Å². The molecule has 0 radical (unpaired) electrons. The summed E-state index contributed by atoms with van der Waals surface area (Å²) in [5.74, 6) is 0. The maximum absolute atomic E-state index is 2.52. The van der Waals surface area contributed by atoms with Crippen LogP contribution < -0.4 is 4.90 Å². The molecular formula is C15H21N. The SMILES string of the molecule is CCCCN1CC=Cc2ccc(C)c(C)c21.